The van der Waals surface area contributed by atoms with Gasteiger partial charge in [-0.15, -0.1) is 11.3 Å². The minimum absolute atomic E-state index is 0.0227. The van der Waals surface area contributed by atoms with E-state index >= 15 is 0 Å². The Hall–Kier alpha value is -2.65. The summed E-state index contributed by atoms with van der Waals surface area (Å²) >= 11 is 2.73. The average molecular weight is 457 g/mol. The molecule has 0 saturated heterocycles. The van der Waals surface area contributed by atoms with Crippen molar-refractivity contribution >= 4 is 45.3 Å². The second kappa shape index (κ2) is 8.84. The fourth-order valence-electron chi connectivity index (χ4n) is 3.89. The Kier molecular flexibility index (Phi) is 6.15. The van der Waals surface area contributed by atoms with Crippen LogP contribution in [0.15, 0.2) is 28.2 Å². The van der Waals surface area contributed by atoms with Gasteiger partial charge in [0.15, 0.2) is 5.16 Å². The number of thioether (sulfide) groups is 1. The van der Waals surface area contributed by atoms with E-state index in [0.29, 0.717) is 17.1 Å². The number of carbonyl (C=O) groups excluding carboxylic acids is 2. The molecule has 0 spiro atoms. The number of imide groups is 1. The van der Waals surface area contributed by atoms with Crippen molar-refractivity contribution in [3.8, 4) is 5.69 Å². The van der Waals surface area contributed by atoms with Crippen LogP contribution < -0.4 is 16.2 Å². The lowest BCUT2D eigenvalue weighted by Gasteiger charge is -2.15. The first-order chi connectivity index (χ1) is 14.9. The normalized spacial score (nSPS) is 12.7. The van der Waals surface area contributed by atoms with Crippen molar-refractivity contribution in [3.63, 3.8) is 0 Å². The number of aromatic nitrogens is 2. The molecular weight excluding hydrogens is 432 g/mol. The van der Waals surface area contributed by atoms with Gasteiger partial charge >= 0.3 is 6.03 Å². The van der Waals surface area contributed by atoms with Crippen molar-refractivity contribution in [3.05, 3.63) is 50.1 Å². The number of thiophene rings is 1. The van der Waals surface area contributed by atoms with Crippen LogP contribution in [0.2, 0.25) is 0 Å². The molecule has 0 radical (unpaired) electrons. The van der Waals surface area contributed by atoms with Crippen molar-refractivity contribution < 1.29 is 9.59 Å². The van der Waals surface area contributed by atoms with Gasteiger partial charge in [0.1, 0.15) is 4.83 Å². The number of aryl methyl sites for hydroxylation is 4. The number of amides is 3. The highest BCUT2D eigenvalue weighted by molar-refractivity contribution is 7.99. The Balaban J connectivity index is 1.77. The number of nitrogens with one attached hydrogen (secondary N) is 2. The smallest absolute Gasteiger partial charge is 0.321 e. The fraction of sp³-hybridized carbons (Fsp3) is 0.364. The highest BCUT2D eigenvalue weighted by Gasteiger charge is 2.24. The number of carbonyl (C=O) groups is 2. The molecule has 1 aliphatic carbocycles. The van der Waals surface area contributed by atoms with Crippen LogP contribution in [-0.2, 0) is 17.6 Å². The molecule has 7 nitrogen and oxygen atoms in total. The summed E-state index contributed by atoms with van der Waals surface area (Å²) in [5, 5.41) is 5.98. The van der Waals surface area contributed by atoms with Gasteiger partial charge < -0.3 is 5.32 Å². The van der Waals surface area contributed by atoms with E-state index in [1.165, 1.54) is 4.88 Å². The van der Waals surface area contributed by atoms with Crippen molar-refractivity contribution in [1.82, 2.24) is 20.2 Å². The van der Waals surface area contributed by atoms with Crippen LogP contribution in [0, 0.1) is 13.8 Å². The summed E-state index contributed by atoms with van der Waals surface area (Å²) in [6.07, 6.45) is 2.95. The number of hydrogen-bond donors (Lipinski definition) is 2. The molecular formula is C22H24N4O3S2. The zero-order valence-electron chi connectivity index (χ0n) is 17.7. The molecule has 4 rings (SSSR count). The molecule has 31 heavy (non-hydrogen) atoms. The Labute approximate surface area is 188 Å². The molecule has 2 heterocycles. The van der Waals surface area contributed by atoms with Crippen LogP contribution in [-0.4, -0.2) is 33.8 Å². The van der Waals surface area contributed by atoms with Crippen molar-refractivity contribution in [2.45, 2.75) is 45.2 Å². The third-order valence-corrected chi connectivity index (χ3v) is 7.35. The van der Waals surface area contributed by atoms with Gasteiger partial charge in [0.25, 0.3) is 5.56 Å². The molecule has 3 aromatic rings. The summed E-state index contributed by atoms with van der Waals surface area (Å²) in [6.45, 7) is 6.18. The van der Waals surface area contributed by atoms with Crippen LogP contribution in [0.4, 0.5) is 4.79 Å². The van der Waals surface area contributed by atoms with Gasteiger partial charge in [0.05, 0.1) is 16.8 Å². The van der Waals surface area contributed by atoms with Crippen LogP contribution in [0.5, 0.6) is 0 Å². The van der Waals surface area contributed by atoms with E-state index in [1.807, 2.05) is 32.0 Å². The molecule has 1 aromatic carbocycles. The van der Waals surface area contributed by atoms with Gasteiger partial charge in [-0.05, 0) is 57.2 Å². The number of hydrogen-bond acceptors (Lipinski definition) is 6. The van der Waals surface area contributed by atoms with Crippen LogP contribution >= 0.6 is 23.1 Å². The highest BCUT2D eigenvalue weighted by Crippen LogP contribution is 2.36. The summed E-state index contributed by atoms with van der Waals surface area (Å²) < 4.78 is 1.62. The zero-order chi connectivity index (χ0) is 22.1. The Morgan fingerprint density at radius 1 is 1.26 bits per heavy atom. The second-order valence-corrected chi connectivity index (χ2v) is 9.58. The quantitative estimate of drug-likeness (QED) is 0.453. The van der Waals surface area contributed by atoms with Gasteiger partial charge in [0.2, 0.25) is 5.91 Å². The molecule has 0 atom stereocenters. The fourth-order valence-corrected chi connectivity index (χ4v) is 6.00. The summed E-state index contributed by atoms with van der Waals surface area (Å²) in [6, 6.07) is 5.39. The minimum Gasteiger partial charge on any atom is -0.338 e. The van der Waals surface area contributed by atoms with Gasteiger partial charge in [-0.25, -0.2) is 9.78 Å². The van der Waals surface area contributed by atoms with Crippen molar-refractivity contribution in [2.75, 3.05) is 12.3 Å². The number of benzene rings is 1. The number of rotatable bonds is 5. The van der Waals surface area contributed by atoms with Gasteiger partial charge in [0, 0.05) is 11.4 Å². The molecule has 0 saturated carbocycles. The standard InChI is InChI=1S/C22H24N4O3S2/c1-4-23-21(29)24-17(27)11-30-22-25-19-18(14-6-5-7-16(14)31-19)20(28)26(22)15-9-8-12(2)10-13(15)3/h8-10H,4-7,11H2,1-3H3,(H2,23,24,27,29). The lowest BCUT2D eigenvalue weighted by molar-refractivity contribution is -0.117. The maximum atomic E-state index is 13.7. The first-order valence-corrected chi connectivity index (χ1v) is 12.0. The van der Waals surface area contributed by atoms with Gasteiger partial charge in [-0.2, -0.15) is 0 Å². The van der Waals surface area contributed by atoms with E-state index in [9.17, 15) is 14.4 Å². The zero-order valence-corrected chi connectivity index (χ0v) is 19.3. The van der Waals surface area contributed by atoms with Crippen molar-refractivity contribution in [2.24, 2.45) is 0 Å². The molecule has 2 N–H and O–H groups in total. The Bertz CT molecular complexity index is 1250. The van der Waals surface area contributed by atoms with E-state index in [2.05, 4.69) is 10.6 Å². The Morgan fingerprint density at radius 2 is 2.06 bits per heavy atom. The number of urea groups is 1. The first-order valence-electron chi connectivity index (χ1n) is 10.2. The largest absolute Gasteiger partial charge is 0.338 e. The van der Waals surface area contributed by atoms with E-state index in [4.69, 9.17) is 4.98 Å². The maximum Gasteiger partial charge on any atom is 0.321 e. The number of nitrogens with zero attached hydrogens (tertiary/aromatic N) is 2. The summed E-state index contributed by atoms with van der Waals surface area (Å²) in [4.78, 5) is 44.3. The lowest BCUT2D eigenvalue weighted by atomic mass is 10.1. The summed E-state index contributed by atoms with van der Waals surface area (Å²) in [7, 11) is 0. The van der Waals surface area contributed by atoms with Crippen LogP contribution in [0.3, 0.4) is 0 Å². The summed E-state index contributed by atoms with van der Waals surface area (Å²) in [5.74, 6) is -0.461. The predicted octanol–water partition coefficient (Wildman–Crippen LogP) is 3.49. The number of fused-ring (bicyclic) bond motifs is 3. The van der Waals surface area contributed by atoms with Gasteiger partial charge in [-0.3, -0.25) is 19.5 Å². The minimum atomic E-state index is -0.530. The average Bonchev–Trinajstić information content (AvgIpc) is 3.28. The molecule has 0 fully saturated rings. The van der Waals surface area contributed by atoms with Crippen LogP contribution in [0.1, 0.15) is 34.9 Å². The van der Waals surface area contributed by atoms with E-state index in [0.717, 1.165) is 58.2 Å². The topological polar surface area (TPSA) is 93.1 Å². The third kappa shape index (κ3) is 4.24. The van der Waals surface area contributed by atoms with E-state index in [1.54, 1.807) is 22.8 Å². The second-order valence-electron chi connectivity index (χ2n) is 7.56. The third-order valence-electron chi connectivity index (χ3n) is 5.22. The summed E-state index contributed by atoms with van der Waals surface area (Å²) in [5.41, 5.74) is 3.86. The highest BCUT2D eigenvalue weighted by atomic mass is 32.2. The molecule has 0 bridgehead atoms. The SMILES string of the molecule is CCNC(=O)NC(=O)CSc1nc2sc3c(c2c(=O)n1-c1ccc(C)cc1C)CCC3. The molecule has 0 unspecified atom stereocenters. The van der Waals surface area contributed by atoms with E-state index in [-0.39, 0.29) is 11.3 Å². The molecule has 1 aliphatic rings. The molecule has 0 aliphatic heterocycles. The molecule has 2 aromatic heterocycles. The van der Waals surface area contributed by atoms with Gasteiger partial charge in [-0.1, -0.05) is 29.5 Å². The molecule has 3 amide bonds. The maximum absolute atomic E-state index is 13.7. The molecule has 9 heteroatoms. The first kappa shape index (κ1) is 21.6. The molecule has 162 valence electrons. The monoisotopic (exact) mass is 456 g/mol. The predicted molar refractivity (Wildman–Crippen MR) is 125 cm³/mol. The van der Waals surface area contributed by atoms with E-state index < -0.39 is 11.9 Å². The Morgan fingerprint density at radius 3 is 2.81 bits per heavy atom. The van der Waals surface area contributed by atoms with Crippen LogP contribution in [0.25, 0.3) is 15.9 Å². The van der Waals surface area contributed by atoms with Crippen molar-refractivity contribution in [1.29, 1.82) is 0 Å². The lowest BCUT2D eigenvalue weighted by Crippen LogP contribution is -2.40.